The molecule has 0 bridgehead atoms. The number of ketones is 2. The number of allylic oxidation sites excluding steroid dienone is 22. The fourth-order valence-electron chi connectivity index (χ4n) is 5.28. The zero-order chi connectivity index (χ0) is 31.5. The van der Waals surface area contributed by atoms with E-state index in [1.165, 1.54) is 0 Å². The molecule has 0 aliphatic heterocycles. The Kier molecular flexibility index (Phi) is 12.9. The molecule has 224 valence electrons. The predicted octanol–water partition coefficient (Wildman–Crippen LogP) is 11.0. The van der Waals surface area contributed by atoms with Gasteiger partial charge in [-0.15, -0.1) is 0 Å². The lowest BCUT2D eigenvalue weighted by Crippen LogP contribution is -2.24. The van der Waals surface area contributed by atoms with Gasteiger partial charge in [0, 0.05) is 12.8 Å². The molecule has 0 saturated carbocycles. The highest BCUT2D eigenvalue weighted by Gasteiger charge is 2.31. The lowest BCUT2D eigenvalue weighted by Gasteiger charge is -2.32. The van der Waals surface area contributed by atoms with Crippen LogP contribution in [-0.4, -0.2) is 11.6 Å². The van der Waals surface area contributed by atoms with Gasteiger partial charge in [0.25, 0.3) is 0 Å². The molecule has 2 nitrogen and oxygen atoms in total. The number of rotatable bonds is 10. The minimum atomic E-state index is 0.0404. The summed E-state index contributed by atoms with van der Waals surface area (Å²) in [7, 11) is 0. The summed E-state index contributed by atoms with van der Waals surface area (Å²) in [5.74, 6) is 0.542. The quantitative estimate of drug-likeness (QED) is 0.247. The van der Waals surface area contributed by atoms with Gasteiger partial charge in [-0.05, 0) is 87.5 Å². The maximum Gasteiger partial charge on any atom is 0.158 e. The van der Waals surface area contributed by atoms with Crippen LogP contribution in [0, 0.1) is 10.8 Å². The second-order valence-corrected chi connectivity index (χ2v) is 13.1. The molecule has 2 aliphatic rings. The Labute approximate surface area is 256 Å². The molecular weight excluding hydrogens is 512 g/mol. The Bertz CT molecular complexity index is 1270. The van der Waals surface area contributed by atoms with Crippen LogP contribution in [0.4, 0.5) is 0 Å². The molecule has 0 aromatic carbocycles. The minimum Gasteiger partial charge on any atom is -0.295 e. The van der Waals surface area contributed by atoms with Crippen molar-refractivity contribution in [1.29, 1.82) is 0 Å². The van der Waals surface area contributed by atoms with Crippen molar-refractivity contribution in [2.24, 2.45) is 10.8 Å². The van der Waals surface area contributed by atoms with E-state index >= 15 is 0 Å². The molecule has 0 spiro atoms. The van der Waals surface area contributed by atoms with Crippen LogP contribution in [0.5, 0.6) is 0 Å². The molecule has 0 radical (unpaired) electrons. The second kappa shape index (κ2) is 15.6. The van der Waals surface area contributed by atoms with Crippen LogP contribution in [0.3, 0.4) is 0 Å². The van der Waals surface area contributed by atoms with Gasteiger partial charge in [0.1, 0.15) is 0 Å². The maximum absolute atomic E-state index is 12.2. The molecule has 0 aromatic heterocycles. The summed E-state index contributed by atoms with van der Waals surface area (Å²) in [6, 6.07) is 0. The van der Waals surface area contributed by atoms with Crippen LogP contribution in [0.2, 0.25) is 0 Å². The number of hydrogen-bond acceptors (Lipinski definition) is 2. The van der Waals surface area contributed by atoms with Crippen LogP contribution < -0.4 is 0 Å². The van der Waals surface area contributed by atoms with Crippen LogP contribution in [0.15, 0.2) is 130 Å². The van der Waals surface area contributed by atoms with E-state index in [1.807, 2.05) is 13.8 Å². The van der Waals surface area contributed by atoms with E-state index in [2.05, 4.69) is 140 Å². The third-order valence-corrected chi connectivity index (χ3v) is 8.35. The first-order valence-corrected chi connectivity index (χ1v) is 15.2. The average Bonchev–Trinajstić information content (AvgIpc) is 2.91. The topological polar surface area (TPSA) is 34.1 Å². The summed E-state index contributed by atoms with van der Waals surface area (Å²) in [6.45, 7) is 21.1. The fraction of sp³-hybridized carbons (Fsp3) is 0.400. The first kappa shape index (κ1) is 34.7. The van der Waals surface area contributed by atoms with Crippen molar-refractivity contribution in [3.05, 3.63) is 130 Å². The van der Waals surface area contributed by atoms with E-state index in [0.717, 1.165) is 57.4 Å². The van der Waals surface area contributed by atoms with Crippen LogP contribution in [0.25, 0.3) is 0 Å². The maximum atomic E-state index is 12.2. The van der Waals surface area contributed by atoms with E-state index in [4.69, 9.17) is 0 Å². The Morgan fingerprint density at radius 2 is 0.833 bits per heavy atom. The predicted molar refractivity (Wildman–Crippen MR) is 182 cm³/mol. The summed E-state index contributed by atoms with van der Waals surface area (Å²) >= 11 is 0. The standard InChI is InChI=1S/C40H52O2/c1-29(17-13-19-31(3)21-23-35-33(5)37(41)25-27-39(35,7)8)15-11-12-16-30(2)18-14-20-32(4)22-24-36-34(6)38(42)26-28-40(36,9)10/h11-24H,25-28H2,1-10H3/b12-11+,17-13-,18-14+,23-21-,24-22+,29-15-,30-16+,31-19-,32-20+. The van der Waals surface area contributed by atoms with Crippen molar-refractivity contribution < 1.29 is 9.59 Å². The van der Waals surface area contributed by atoms with Gasteiger partial charge >= 0.3 is 0 Å². The van der Waals surface area contributed by atoms with E-state index in [1.54, 1.807) is 0 Å². The van der Waals surface area contributed by atoms with Gasteiger partial charge in [0.15, 0.2) is 11.6 Å². The van der Waals surface area contributed by atoms with Gasteiger partial charge in [-0.1, -0.05) is 135 Å². The summed E-state index contributed by atoms with van der Waals surface area (Å²) in [6.07, 6.45) is 32.4. The monoisotopic (exact) mass is 564 g/mol. The first-order valence-electron chi connectivity index (χ1n) is 15.2. The molecular formula is C40H52O2. The van der Waals surface area contributed by atoms with Crippen molar-refractivity contribution >= 4 is 11.6 Å². The zero-order valence-corrected chi connectivity index (χ0v) is 27.7. The first-order chi connectivity index (χ1) is 19.6. The van der Waals surface area contributed by atoms with Crippen LogP contribution in [0.1, 0.15) is 94.9 Å². The van der Waals surface area contributed by atoms with Gasteiger partial charge in [-0.3, -0.25) is 9.59 Å². The normalized spacial score (nSPS) is 21.6. The number of carbonyl (C=O) groups is 2. The lowest BCUT2D eigenvalue weighted by molar-refractivity contribution is -0.117. The highest BCUT2D eigenvalue weighted by Crippen LogP contribution is 2.40. The molecule has 0 N–H and O–H groups in total. The molecule has 2 heteroatoms. The molecule has 2 aliphatic carbocycles. The van der Waals surface area contributed by atoms with Crippen molar-refractivity contribution in [3.8, 4) is 0 Å². The molecule has 0 saturated heterocycles. The molecule has 0 heterocycles. The minimum absolute atomic E-state index is 0.0404. The van der Waals surface area contributed by atoms with E-state index in [0.29, 0.717) is 12.8 Å². The number of carbonyl (C=O) groups excluding carboxylic acids is 2. The van der Waals surface area contributed by atoms with Gasteiger partial charge in [-0.25, -0.2) is 0 Å². The highest BCUT2D eigenvalue weighted by atomic mass is 16.1. The van der Waals surface area contributed by atoms with E-state index < -0.39 is 0 Å². The third-order valence-electron chi connectivity index (χ3n) is 8.35. The summed E-state index contributed by atoms with van der Waals surface area (Å²) < 4.78 is 0. The largest absolute Gasteiger partial charge is 0.295 e. The van der Waals surface area contributed by atoms with Crippen LogP contribution >= 0.6 is 0 Å². The van der Waals surface area contributed by atoms with Gasteiger partial charge in [0.2, 0.25) is 0 Å². The molecule has 2 rings (SSSR count). The number of Topliss-reactive ketones (excluding diaryl/α,β-unsaturated/α-hetero) is 2. The number of hydrogen-bond donors (Lipinski definition) is 0. The van der Waals surface area contributed by atoms with Crippen molar-refractivity contribution in [2.45, 2.75) is 94.9 Å². The molecule has 0 atom stereocenters. The summed E-state index contributed by atoms with van der Waals surface area (Å²) in [5, 5.41) is 0. The second-order valence-electron chi connectivity index (χ2n) is 13.1. The Balaban J connectivity index is 1.93. The van der Waals surface area contributed by atoms with E-state index in [9.17, 15) is 9.59 Å². The van der Waals surface area contributed by atoms with E-state index in [-0.39, 0.29) is 22.4 Å². The Hall–Kier alpha value is -3.52. The Morgan fingerprint density at radius 1 is 0.524 bits per heavy atom. The molecule has 42 heavy (non-hydrogen) atoms. The van der Waals surface area contributed by atoms with Crippen molar-refractivity contribution in [2.75, 3.05) is 0 Å². The van der Waals surface area contributed by atoms with Gasteiger partial charge in [0.05, 0.1) is 0 Å². The fourth-order valence-corrected chi connectivity index (χ4v) is 5.28. The summed E-state index contributed by atoms with van der Waals surface area (Å²) in [5.41, 5.74) is 8.82. The molecule has 0 amide bonds. The van der Waals surface area contributed by atoms with Gasteiger partial charge in [-0.2, -0.15) is 0 Å². The SMILES string of the molecule is CC1=C(\C=C/C(C)=C\C=C/C(C)=C\C=C\C=C(C)\C=C\C=C(C)\C=C\C2=C(C)C(=O)CCC2(C)C)C(C)(C)CCC1=O. The van der Waals surface area contributed by atoms with Gasteiger partial charge < -0.3 is 0 Å². The molecule has 0 fully saturated rings. The van der Waals surface area contributed by atoms with Crippen LogP contribution in [-0.2, 0) is 9.59 Å². The third kappa shape index (κ3) is 10.7. The molecule has 0 aromatic rings. The molecule has 0 unspecified atom stereocenters. The smallest absolute Gasteiger partial charge is 0.158 e. The van der Waals surface area contributed by atoms with Crippen molar-refractivity contribution in [1.82, 2.24) is 0 Å². The summed E-state index contributed by atoms with van der Waals surface area (Å²) in [4.78, 5) is 24.3. The highest BCUT2D eigenvalue weighted by molar-refractivity contribution is 5.97. The Morgan fingerprint density at radius 3 is 1.19 bits per heavy atom. The lowest BCUT2D eigenvalue weighted by atomic mass is 9.72. The average molecular weight is 565 g/mol. The van der Waals surface area contributed by atoms with Crippen molar-refractivity contribution in [3.63, 3.8) is 0 Å². The zero-order valence-electron chi connectivity index (χ0n) is 27.7.